The van der Waals surface area contributed by atoms with Gasteiger partial charge in [0.25, 0.3) is 23.6 Å². The normalized spacial score (nSPS) is 25.4. The summed E-state index contributed by atoms with van der Waals surface area (Å²) >= 11 is 0. The van der Waals surface area contributed by atoms with E-state index >= 15 is 0 Å². The van der Waals surface area contributed by atoms with Gasteiger partial charge in [-0.2, -0.15) is 5.26 Å². The van der Waals surface area contributed by atoms with Gasteiger partial charge in [-0.05, 0) is 69.4 Å². The molecule has 4 fully saturated rings. The van der Waals surface area contributed by atoms with E-state index in [0.29, 0.717) is 52.3 Å². The lowest BCUT2D eigenvalue weighted by Gasteiger charge is -2.65. The highest BCUT2D eigenvalue weighted by molar-refractivity contribution is 6.23. The van der Waals surface area contributed by atoms with Gasteiger partial charge in [0, 0.05) is 80.3 Å². The summed E-state index contributed by atoms with van der Waals surface area (Å²) in [7, 11) is 1.48. The lowest BCUT2D eigenvalue weighted by Crippen LogP contribution is -2.77. The van der Waals surface area contributed by atoms with Crippen LogP contribution in [0.15, 0.2) is 48.8 Å². The molecule has 16 heteroatoms. The van der Waals surface area contributed by atoms with Crippen molar-refractivity contribution in [3.63, 3.8) is 0 Å². The Labute approximate surface area is 367 Å². The summed E-state index contributed by atoms with van der Waals surface area (Å²) in [6.45, 7) is 14.8. The number of nitrogens with two attached hydrogens (primary N) is 1. The summed E-state index contributed by atoms with van der Waals surface area (Å²) < 4.78 is 18.2. The molecule has 3 aromatic rings. The van der Waals surface area contributed by atoms with Gasteiger partial charge in [-0.3, -0.25) is 38.7 Å². The Balaban J connectivity index is 0.878. The van der Waals surface area contributed by atoms with Crippen molar-refractivity contribution < 1.29 is 38.2 Å². The second-order valence-electron chi connectivity index (χ2n) is 19.1. The molecule has 2 saturated carbocycles. The highest BCUT2D eigenvalue weighted by atomic mass is 16.5. The van der Waals surface area contributed by atoms with Crippen LogP contribution in [-0.4, -0.2) is 117 Å². The Hall–Kier alpha value is -6.08. The van der Waals surface area contributed by atoms with Crippen LogP contribution in [0, 0.1) is 28.1 Å². The van der Waals surface area contributed by atoms with Crippen LogP contribution in [0.3, 0.4) is 0 Å². The van der Waals surface area contributed by atoms with Crippen molar-refractivity contribution in [3.8, 4) is 23.3 Å². The van der Waals surface area contributed by atoms with Crippen molar-refractivity contribution in [2.24, 2.45) is 22.5 Å². The van der Waals surface area contributed by atoms with Gasteiger partial charge in [0.1, 0.15) is 41.6 Å². The Morgan fingerprint density at radius 3 is 2.16 bits per heavy atom. The number of fused-ring (bicyclic) bond motifs is 1. The molecule has 0 bridgehead atoms. The Kier molecular flexibility index (Phi) is 11.5. The number of benzene rings is 2. The molecule has 5 aliphatic rings. The minimum atomic E-state index is -1.14. The topological polar surface area (TPSA) is 202 Å². The summed E-state index contributed by atoms with van der Waals surface area (Å²) in [4.78, 5) is 83.2. The predicted octanol–water partition coefficient (Wildman–Crippen LogP) is 4.99. The maximum atomic E-state index is 14.4. The Morgan fingerprint density at radius 2 is 1.54 bits per heavy atom. The van der Waals surface area contributed by atoms with Crippen LogP contribution in [0.5, 0.6) is 17.2 Å². The summed E-state index contributed by atoms with van der Waals surface area (Å²) in [5.74, 6) is -0.135. The molecule has 16 nitrogen and oxygen atoms in total. The molecule has 2 N–H and O–H groups in total. The van der Waals surface area contributed by atoms with E-state index < -0.39 is 52.6 Å². The molecule has 2 aliphatic carbocycles. The second kappa shape index (κ2) is 16.6. The molecule has 1 aromatic heterocycles. The Bertz CT molecular complexity index is 2350. The monoisotopic (exact) mass is 860 g/mol. The first-order valence-corrected chi connectivity index (χ1v) is 21.9. The number of rotatable bonds is 13. The molecule has 8 rings (SSSR count). The van der Waals surface area contributed by atoms with E-state index in [2.05, 4.69) is 39.7 Å². The predicted molar refractivity (Wildman–Crippen MR) is 230 cm³/mol. The van der Waals surface area contributed by atoms with Gasteiger partial charge < -0.3 is 24.8 Å². The average Bonchev–Trinajstić information content (AvgIpc) is 3.49. The molecule has 3 aliphatic heterocycles. The minimum absolute atomic E-state index is 0.00235. The number of imide groups is 2. The van der Waals surface area contributed by atoms with Crippen LogP contribution in [-0.2, 0) is 9.59 Å². The van der Waals surface area contributed by atoms with E-state index in [-0.39, 0.29) is 36.0 Å². The number of nitriles is 1. The first-order chi connectivity index (χ1) is 29.9. The van der Waals surface area contributed by atoms with Gasteiger partial charge in [-0.1, -0.05) is 27.7 Å². The van der Waals surface area contributed by atoms with E-state index in [1.54, 1.807) is 36.4 Å². The fraction of sp³-hybridized carbons (Fsp3) is 0.532. The smallest absolute Gasteiger partial charge is 0.262 e. The lowest BCUT2D eigenvalue weighted by atomic mass is 9.48. The molecule has 332 valence electrons. The zero-order chi connectivity index (χ0) is 45.1. The third kappa shape index (κ3) is 7.74. The van der Waals surface area contributed by atoms with Crippen LogP contribution >= 0.6 is 0 Å². The number of anilines is 1. The van der Waals surface area contributed by atoms with Gasteiger partial charge in [0.15, 0.2) is 0 Å². The van der Waals surface area contributed by atoms with E-state index in [4.69, 9.17) is 19.9 Å². The standard InChI is InChI=1S/C47H56N8O8/c1-26(2)53(25-27-14-16-52(17-15-27)45-50-23-29(24-51-45)39(49)57)30-18-33(19-30)62-31-10-11-34-35(20-31)41(59)54(40(34)58)36-12-13-38(56)55(42(36)60)43-46(3,4)44(47(43,5)6)63-32-9-8-28(22-48)37(21-32)61-7/h8-11,20-21,23-24,26-27,30,33,36,43-44H,12-19,25H2,1-7H3,(H2,49,57). The quantitative estimate of drug-likeness (QED) is 0.226. The SMILES string of the molecule is COc1cc(OC2C(C)(C)C(N3C(=O)CCC(N4C(=O)c5ccc(OC6CC(N(CC7CCN(c8ncc(C(N)=O)cn8)CC7)C(C)C)C6)cc5C4=O)C3=O)C2(C)C)ccc1C#N. The van der Waals surface area contributed by atoms with Crippen LogP contribution < -0.4 is 24.8 Å². The van der Waals surface area contributed by atoms with Crippen molar-refractivity contribution in [3.05, 3.63) is 71.0 Å². The maximum absolute atomic E-state index is 14.4. The molecule has 2 saturated heterocycles. The number of carbonyl (C=O) groups excluding carboxylic acids is 5. The molecule has 2 aromatic carbocycles. The summed E-state index contributed by atoms with van der Waals surface area (Å²) in [5.41, 5.74) is 4.96. The van der Waals surface area contributed by atoms with Crippen molar-refractivity contribution in [2.45, 2.75) is 116 Å². The molecule has 1 atom stereocenters. The van der Waals surface area contributed by atoms with E-state index in [0.717, 1.165) is 50.2 Å². The fourth-order valence-corrected chi connectivity index (χ4v) is 11.0. The van der Waals surface area contributed by atoms with E-state index in [1.807, 2.05) is 27.7 Å². The fourth-order valence-electron chi connectivity index (χ4n) is 11.0. The third-order valence-electron chi connectivity index (χ3n) is 14.0. The van der Waals surface area contributed by atoms with Crippen LogP contribution in [0.2, 0.25) is 0 Å². The van der Waals surface area contributed by atoms with E-state index in [9.17, 15) is 29.2 Å². The lowest BCUT2D eigenvalue weighted by molar-refractivity contribution is -0.216. The van der Waals surface area contributed by atoms with Gasteiger partial charge in [0.2, 0.25) is 11.9 Å². The van der Waals surface area contributed by atoms with Crippen molar-refractivity contribution in [2.75, 3.05) is 31.6 Å². The molecular formula is C47H56N8O8. The zero-order valence-corrected chi connectivity index (χ0v) is 37.0. The first kappa shape index (κ1) is 43.6. The number of primary amides is 1. The number of hydrogen-bond acceptors (Lipinski definition) is 13. The number of methoxy groups -OCH3 is 1. The van der Waals surface area contributed by atoms with Crippen molar-refractivity contribution in [1.29, 1.82) is 5.26 Å². The summed E-state index contributed by atoms with van der Waals surface area (Å²) in [6.07, 6.45) is 6.15. The van der Waals surface area contributed by atoms with Gasteiger partial charge in [-0.15, -0.1) is 0 Å². The number of aromatic nitrogens is 2. The van der Waals surface area contributed by atoms with Crippen molar-refractivity contribution in [1.82, 2.24) is 24.7 Å². The van der Waals surface area contributed by atoms with Gasteiger partial charge in [0.05, 0.1) is 35.4 Å². The number of hydrogen-bond donors (Lipinski definition) is 1. The number of likely N-dealkylation sites (tertiary alicyclic amines) is 1. The number of carbonyl (C=O) groups is 5. The summed E-state index contributed by atoms with van der Waals surface area (Å²) in [6, 6.07) is 10.9. The zero-order valence-electron chi connectivity index (χ0n) is 37.0. The third-order valence-corrected chi connectivity index (χ3v) is 14.0. The summed E-state index contributed by atoms with van der Waals surface area (Å²) in [5, 5.41) is 9.43. The van der Waals surface area contributed by atoms with Crippen LogP contribution in [0.1, 0.15) is 117 Å². The molecule has 1 unspecified atom stereocenters. The van der Waals surface area contributed by atoms with Crippen LogP contribution in [0.25, 0.3) is 0 Å². The number of ether oxygens (including phenoxy) is 3. The molecule has 0 spiro atoms. The second-order valence-corrected chi connectivity index (χ2v) is 19.1. The molecule has 0 radical (unpaired) electrons. The van der Waals surface area contributed by atoms with Crippen molar-refractivity contribution >= 4 is 35.5 Å². The highest BCUT2D eigenvalue weighted by Gasteiger charge is 2.68. The molecule has 63 heavy (non-hydrogen) atoms. The highest BCUT2D eigenvalue weighted by Crippen LogP contribution is 2.59. The van der Waals surface area contributed by atoms with Gasteiger partial charge >= 0.3 is 0 Å². The van der Waals surface area contributed by atoms with Gasteiger partial charge in [-0.25, -0.2) is 9.97 Å². The number of nitrogens with zero attached hydrogens (tertiary/aromatic N) is 7. The minimum Gasteiger partial charge on any atom is -0.495 e. The molecule has 5 amide bonds. The van der Waals surface area contributed by atoms with E-state index in [1.165, 1.54) is 24.4 Å². The van der Waals surface area contributed by atoms with Crippen LogP contribution in [0.4, 0.5) is 5.95 Å². The first-order valence-electron chi connectivity index (χ1n) is 21.9. The largest absolute Gasteiger partial charge is 0.495 e. The number of piperidine rings is 2. The molecular weight excluding hydrogens is 805 g/mol. The number of amides is 5. The Morgan fingerprint density at radius 1 is 0.905 bits per heavy atom. The molecule has 4 heterocycles. The average molecular weight is 861 g/mol. The maximum Gasteiger partial charge on any atom is 0.262 e.